The van der Waals surface area contributed by atoms with E-state index in [0.717, 1.165) is 27.6 Å². The van der Waals surface area contributed by atoms with E-state index in [1.165, 1.54) is 0 Å². The van der Waals surface area contributed by atoms with Gasteiger partial charge in [-0.2, -0.15) is 0 Å². The van der Waals surface area contributed by atoms with Gasteiger partial charge in [0.25, 0.3) is 0 Å². The van der Waals surface area contributed by atoms with Gasteiger partial charge in [-0.25, -0.2) is 4.98 Å². The summed E-state index contributed by atoms with van der Waals surface area (Å²) in [5.74, 6) is 0.838. The minimum Gasteiger partial charge on any atom is -0.487 e. The second kappa shape index (κ2) is 5.50. The normalized spacial score (nSPS) is 12.4. The molecule has 1 aromatic carbocycles. The molecule has 96 valence electrons. The van der Waals surface area contributed by atoms with Gasteiger partial charge in [-0.3, -0.25) is 0 Å². The van der Waals surface area contributed by atoms with Gasteiger partial charge in [-0.1, -0.05) is 6.07 Å². The second-order valence-corrected chi connectivity index (χ2v) is 5.41. The SMILES string of the molecule is Cc1nc(COc2ccc([C@@H](C)O)cc2C)cs1. The molecule has 1 heterocycles. The molecular formula is C14H17NO2S. The quantitative estimate of drug-likeness (QED) is 0.919. The molecule has 0 amide bonds. The van der Waals surface area contributed by atoms with Gasteiger partial charge in [-0.15, -0.1) is 11.3 Å². The van der Waals surface area contributed by atoms with Crippen LogP contribution in [0.4, 0.5) is 0 Å². The van der Waals surface area contributed by atoms with Crippen LogP contribution < -0.4 is 4.74 Å². The Kier molecular flexibility index (Phi) is 3.99. The first kappa shape index (κ1) is 13.1. The number of aromatic nitrogens is 1. The van der Waals surface area contributed by atoms with E-state index in [9.17, 15) is 5.11 Å². The summed E-state index contributed by atoms with van der Waals surface area (Å²) in [4.78, 5) is 4.35. The van der Waals surface area contributed by atoms with Crippen LogP contribution in [0, 0.1) is 13.8 Å². The maximum absolute atomic E-state index is 9.50. The van der Waals surface area contributed by atoms with Crippen molar-refractivity contribution in [1.29, 1.82) is 0 Å². The van der Waals surface area contributed by atoms with Crippen molar-refractivity contribution in [2.24, 2.45) is 0 Å². The van der Waals surface area contributed by atoms with Crippen molar-refractivity contribution < 1.29 is 9.84 Å². The zero-order chi connectivity index (χ0) is 13.1. The van der Waals surface area contributed by atoms with E-state index in [4.69, 9.17) is 4.74 Å². The molecule has 1 atom stereocenters. The highest BCUT2D eigenvalue weighted by atomic mass is 32.1. The number of rotatable bonds is 4. The summed E-state index contributed by atoms with van der Waals surface area (Å²) >= 11 is 1.63. The smallest absolute Gasteiger partial charge is 0.131 e. The number of aliphatic hydroxyl groups is 1. The molecular weight excluding hydrogens is 246 g/mol. The summed E-state index contributed by atoms with van der Waals surface area (Å²) in [7, 11) is 0. The number of nitrogens with zero attached hydrogens (tertiary/aromatic N) is 1. The molecule has 0 fully saturated rings. The highest BCUT2D eigenvalue weighted by Crippen LogP contribution is 2.23. The molecule has 0 bridgehead atoms. The number of aliphatic hydroxyl groups excluding tert-OH is 1. The van der Waals surface area contributed by atoms with E-state index < -0.39 is 6.10 Å². The average molecular weight is 263 g/mol. The van der Waals surface area contributed by atoms with Gasteiger partial charge >= 0.3 is 0 Å². The third-order valence-electron chi connectivity index (χ3n) is 2.72. The second-order valence-electron chi connectivity index (χ2n) is 4.35. The molecule has 0 spiro atoms. The van der Waals surface area contributed by atoms with Crippen LogP contribution in [-0.2, 0) is 6.61 Å². The molecule has 0 aliphatic rings. The fraction of sp³-hybridized carbons (Fsp3) is 0.357. The van der Waals surface area contributed by atoms with Crippen molar-refractivity contribution in [2.45, 2.75) is 33.5 Å². The molecule has 2 rings (SSSR count). The number of benzene rings is 1. The lowest BCUT2D eigenvalue weighted by Crippen LogP contribution is -1.99. The van der Waals surface area contributed by atoms with Crippen LogP contribution in [0.3, 0.4) is 0 Å². The minimum absolute atomic E-state index is 0.445. The fourth-order valence-electron chi connectivity index (χ4n) is 1.72. The van der Waals surface area contributed by atoms with Crippen molar-refractivity contribution in [3.05, 3.63) is 45.4 Å². The van der Waals surface area contributed by atoms with Gasteiger partial charge in [-0.05, 0) is 44.0 Å². The number of hydrogen-bond donors (Lipinski definition) is 1. The molecule has 2 aromatic rings. The molecule has 0 radical (unpaired) electrons. The summed E-state index contributed by atoms with van der Waals surface area (Å²) in [5, 5.41) is 12.6. The molecule has 0 saturated heterocycles. The average Bonchev–Trinajstić information content (AvgIpc) is 2.73. The number of aryl methyl sites for hydroxylation is 2. The van der Waals surface area contributed by atoms with E-state index in [1.54, 1.807) is 18.3 Å². The van der Waals surface area contributed by atoms with Crippen LogP contribution >= 0.6 is 11.3 Å². The summed E-state index contributed by atoms with van der Waals surface area (Å²) < 4.78 is 5.73. The van der Waals surface area contributed by atoms with Crippen molar-refractivity contribution in [2.75, 3.05) is 0 Å². The zero-order valence-corrected chi connectivity index (χ0v) is 11.6. The Labute approximate surface area is 111 Å². The molecule has 18 heavy (non-hydrogen) atoms. The Morgan fingerprint density at radius 2 is 2.17 bits per heavy atom. The van der Waals surface area contributed by atoms with Crippen LogP contribution in [0.25, 0.3) is 0 Å². The predicted octanol–water partition coefficient (Wildman–Crippen LogP) is 3.39. The van der Waals surface area contributed by atoms with Gasteiger partial charge < -0.3 is 9.84 Å². The Balaban J connectivity index is 2.05. The van der Waals surface area contributed by atoms with Crippen molar-refractivity contribution >= 4 is 11.3 Å². The van der Waals surface area contributed by atoms with Gasteiger partial charge in [0.2, 0.25) is 0 Å². The van der Waals surface area contributed by atoms with Crippen LogP contribution in [0.1, 0.15) is 34.9 Å². The highest BCUT2D eigenvalue weighted by molar-refractivity contribution is 7.09. The van der Waals surface area contributed by atoms with E-state index in [0.29, 0.717) is 6.61 Å². The van der Waals surface area contributed by atoms with E-state index in [1.807, 2.05) is 37.4 Å². The molecule has 0 aliphatic heterocycles. The molecule has 0 unspecified atom stereocenters. The summed E-state index contributed by atoms with van der Waals surface area (Å²) in [6, 6.07) is 5.74. The maximum Gasteiger partial charge on any atom is 0.131 e. The van der Waals surface area contributed by atoms with Crippen LogP contribution in [0.5, 0.6) is 5.75 Å². The summed E-state index contributed by atoms with van der Waals surface area (Å²) in [6.07, 6.45) is -0.445. The highest BCUT2D eigenvalue weighted by Gasteiger charge is 2.06. The Bertz CT molecular complexity index is 534. The van der Waals surface area contributed by atoms with E-state index in [-0.39, 0.29) is 0 Å². The van der Waals surface area contributed by atoms with E-state index >= 15 is 0 Å². The van der Waals surface area contributed by atoms with Gasteiger partial charge in [0.05, 0.1) is 16.8 Å². The lowest BCUT2D eigenvalue weighted by Gasteiger charge is -2.11. The number of ether oxygens (including phenoxy) is 1. The third-order valence-corrected chi connectivity index (χ3v) is 3.55. The van der Waals surface area contributed by atoms with E-state index in [2.05, 4.69) is 4.98 Å². The van der Waals surface area contributed by atoms with Gasteiger partial charge in [0.1, 0.15) is 12.4 Å². The maximum atomic E-state index is 9.50. The zero-order valence-electron chi connectivity index (χ0n) is 10.8. The Morgan fingerprint density at radius 1 is 1.39 bits per heavy atom. The molecule has 0 saturated carbocycles. The third kappa shape index (κ3) is 3.09. The molecule has 1 N–H and O–H groups in total. The largest absolute Gasteiger partial charge is 0.487 e. The van der Waals surface area contributed by atoms with Crippen molar-refractivity contribution in [3.8, 4) is 5.75 Å². The Hall–Kier alpha value is -1.39. The van der Waals surface area contributed by atoms with Crippen LogP contribution in [0.15, 0.2) is 23.6 Å². The predicted molar refractivity (Wildman–Crippen MR) is 73.0 cm³/mol. The molecule has 4 heteroatoms. The van der Waals surface area contributed by atoms with Crippen LogP contribution in [0.2, 0.25) is 0 Å². The first-order valence-corrected chi connectivity index (χ1v) is 6.76. The minimum atomic E-state index is -0.445. The Morgan fingerprint density at radius 3 is 2.72 bits per heavy atom. The van der Waals surface area contributed by atoms with Crippen molar-refractivity contribution in [3.63, 3.8) is 0 Å². The monoisotopic (exact) mass is 263 g/mol. The van der Waals surface area contributed by atoms with Gasteiger partial charge in [0.15, 0.2) is 0 Å². The first-order valence-electron chi connectivity index (χ1n) is 5.88. The number of hydrogen-bond acceptors (Lipinski definition) is 4. The first-order chi connectivity index (χ1) is 8.56. The summed E-state index contributed by atoms with van der Waals surface area (Å²) in [6.45, 7) is 6.21. The lowest BCUT2D eigenvalue weighted by molar-refractivity contribution is 0.199. The molecule has 0 aliphatic carbocycles. The topological polar surface area (TPSA) is 42.4 Å². The van der Waals surface area contributed by atoms with Crippen molar-refractivity contribution in [1.82, 2.24) is 4.98 Å². The molecule has 3 nitrogen and oxygen atoms in total. The number of thiazole rings is 1. The lowest BCUT2D eigenvalue weighted by atomic mass is 10.1. The van der Waals surface area contributed by atoms with Gasteiger partial charge in [0, 0.05) is 5.38 Å². The fourth-order valence-corrected chi connectivity index (χ4v) is 2.32. The molecule has 1 aromatic heterocycles. The standard InChI is InChI=1S/C14H17NO2S/c1-9-6-12(10(2)16)4-5-14(9)17-7-13-8-18-11(3)15-13/h4-6,8,10,16H,7H2,1-3H3/t10-/m1/s1. The van der Waals surface area contributed by atoms with Crippen LogP contribution in [-0.4, -0.2) is 10.1 Å². The summed E-state index contributed by atoms with van der Waals surface area (Å²) in [5.41, 5.74) is 2.89.